The van der Waals surface area contributed by atoms with Gasteiger partial charge in [0.2, 0.25) is 0 Å². The molecule has 0 saturated carbocycles. The number of hydrogen-bond donors (Lipinski definition) is 1. The second kappa shape index (κ2) is 3.96. The minimum Gasteiger partial charge on any atom is -0.340 e. The first-order valence-electron chi connectivity index (χ1n) is 6.01. The molecule has 17 heavy (non-hydrogen) atoms. The van der Waals surface area contributed by atoms with Gasteiger partial charge in [-0.05, 0) is 26.0 Å². The minimum atomic E-state index is 0.145. The van der Waals surface area contributed by atoms with Crippen LogP contribution in [-0.2, 0) is 0 Å². The van der Waals surface area contributed by atoms with Crippen LogP contribution in [0.4, 0.5) is 5.13 Å². The Labute approximate surface area is 105 Å². The number of benzene rings is 1. The third-order valence-corrected chi connectivity index (χ3v) is 4.37. The van der Waals surface area contributed by atoms with Crippen LogP contribution in [0.1, 0.15) is 13.8 Å². The summed E-state index contributed by atoms with van der Waals surface area (Å²) in [7, 11) is 0. The molecule has 2 aromatic rings. The second-order valence-corrected chi connectivity index (χ2v) is 6.11. The maximum absolute atomic E-state index is 4.75. The van der Waals surface area contributed by atoms with E-state index in [1.807, 2.05) is 0 Å². The molecule has 1 saturated heterocycles. The molecule has 1 N–H and O–H groups in total. The van der Waals surface area contributed by atoms with Gasteiger partial charge in [0.1, 0.15) is 0 Å². The van der Waals surface area contributed by atoms with E-state index in [0.717, 1.165) is 30.3 Å². The number of anilines is 1. The Kier molecular flexibility index (Phi) is 2.56. The minimum absolute atomic E-state index is 0.145. The van der Waals surface area contributed by atoms with E-state index in [-0.39, 0.29) is 5.54 Å². The Morgan fingerprint density at radius 2 is 2.18 bits per heavy atom. The van der Waals surface area contributed by atoms with E-state index in [0.29, 0.717) is 0 Å². The number of piperazine rings is 1. The van der Waals surface area contributed by atoms with Gasteiger partial charge in [-0.2, -0.15) is 0 Å². The number of nitrogens with zero attached hydrogens (tertiary/aromatic N) is 2. The molecule has 0 radical (unpaired) electrons. The van der Waals surface area contributed by atoms with Gasteiger partial charge in [-0.3, -0.25) is 0 Å². The first-order valence-corrected chi connectivity index (χ1v) is 6.82. The van der Waals surface area contributed by atoms with Crippen LogP contribution in [0.5, 0.6) is 0 Å². The van der Waals surface area contributed by atoms with Crippen LogP contribution in [0.3, 0.4) is 0 Å². The number of aromatic nitrogens is 1. The summed E-state index contributed by atoms with van der Waals surface area (Å²) in [5.74, 6) is 0. The molecule has 3 rings (SSSR count). The summed E-state index contributed by atoms with van der Waals surface area (Å²) >= 11 is 1.79. The molecular weight excluding hydrogens is 230 g/mol. The monoisotopic (exact) mass is 247 g/mol. The fraction of sp³-hybridized carbons (Fsp3) is 0.462. The highest BCUT2D eigenvalue weighted by molar-refractivity contribution is 7.22. The highest BCUT2D eigenvalue weighted by Gasteiger charge is 2.31. The van der Waals surface area contributed by atoms with Gasteiger partial charge in [-0.25, -0.2) is 4.98 Å². The van der Waals surface area contributed by atoms with Crippen molar-refractivity contribution in [1.82, 2.24) is 10.3 Å². The molecule has 1 fully saturated rings. The molecule has 4 heteroatoms. The summed E-state index contributed by atoms with van der Waals surface area (Å²) in [6, 6.07) is 8.36. The number of fused-ring (bicyclic) bond motifs is 1. The summed E-state index contributed by atoms with van der Waals surface area (Å²) in [5.41, 5.74) is 1.26. The Morgan fingerprint density at radius 1 is 1.35 bits per heavy atom. The highest BCUT2D eigenvalue weighted by atomic mass is 32.1. The van der Waals surface area contributed by atoms with Crippen LogP contribution in [-0.4, -0.2) is 30.2 Å². The number of rotatable bonds is 1. The fourth-order valence-corrected chi connectivity index (χ4v) is 3.47. The fourth-order valence-electron chi connectivity index (χ4n) is 2.31. The lowest BCUT2D eigenvalue weighted by Gasteiger charge is -2.42. The predicted molar refractivity (Wildman–Crippen MR) is 73.9 cm³/mol. The quantitative estimate of drug-likeness (QED) is 0.839. The van der Waals surface area contributed by atoms with Crippen LogP contribution in [0, 0.1) is 0 Å². The smallest absolute Gasteiger partial charge is 0.186 e. The van der Waals surface area contributed by atoms with E-state index in [2.05, 4.69) is 48.3 Å². The molecule has 0 spiro atoms. The van der Waals surface area contributed by atoms with E-state index in [1.54, 1.807) is 11.3 Å². The molecule has 0 atom stereocenters. The van der Waals surface area contributed by atoms with Gasteiger partial charge in [-0.15, -0.1) is 0 Å². The van der Waals surface area contributed by atoms with Crippen molar-refractivity contribution in [2.45, 2.75) is 19.4 Å². The molecule has 1 aliphatic rings. The van der Waals surface area contributed by atoms with E-state index in [9.17, 15) is 0 Å². The maximum atomic E-state index is 4.75. The lowest BCUT2D eigenvalue weighted by atomic mass is 10.0. The van der Waals surface area contributed by atoms with Crippen LogP contribution in [0.15, 0.2) is 24.3 Å². The largest absolute Gasteiger partial charge is 0.340 e. The molecule has 1 aromatic carbocycles. The molecule has 90 valence electrons. The van der Waals surface area contributed by atoms with Gasteiger partial charge in [0.25, 0.3) is 0 Å². The summed E-state index contributed by atoms with van der Waals surface area (Å²) in [6.07, 6.45) is 0. The summed E-state index contributed by atoms with van der Waals surface area (Å²) in [4.78, 5) is 7.17. The molecule has 0 amide bonds. The first-order chi connectivity index (χ1) is 8.17. The predicted octanol–water partition coefficient (Wildman–Crippen LogP) is 2.48. The third kappa shape index (κ3) is 1.91. The summed E-state index contributed by atoms with van der Waals surface area (Å²) in [6.45, 7) is 7.63. The molecule has 0 bridgehead atoms. The maximum Gasteiger partial charge on any atom is 0.186 e. The second-order valence-electron chi connectivity index (χ2n) is 5.11. The lowest BCUT2D eigenvalue weighted by Crippen LogP contribution is -2.58. The van der Waals surface area contributed by atoms with E-state index < -0.39 is 0 Å². The van der Waals surface area contributed by atoms with Crippen molar-refractivity contribution in [3.8, 4) is 0 Å². The SMILES string of the molecule is CC1(C)CNCCN1c1nc2ccccc2s1. The van der Waals surface area contributed by atoms with Gasteiger partial charge in [0.05, 0.1) is 10.2 Å². The molecule has 1 aliphatic heterocycles. The molecular formula is C13H17N3S. The Bertz CT molecular complexity index is 499. The van der Waals surface area contributed by atoms with Gasteiger partial charge >= 0.3 is 0 Å². The molecule has 0 unspecified atom stereocenters. The lowest BCUT2D eigenvalue weighted by molar-refractivity contribution is 0.380. The van der Waals surface area contributed by atoms with Gasteiger partial charge in [0.15, 0.2) is 5.13 Å². The van der Waals surface area contributed by atoms with E-state index >= 15 is 0 Å². The molecule has 1 aromatic heterocycles. The van der Waals surface area contributed by atoms with Crippen molar-refractivity contribution < 1.29 is 0 Å². The summed E-state index contributed by atoms with van der Waals surface area (Å²) < 4.78 is 1.27. The third-order valence-electron chi connectivity index (χ3n) is 3.31. The number of hydrogen-bond acceptors (Lipinski definition) is 4. The van der Waals surface area contributed by atoms with Crippen molar-refractivity contribution in [2.75, 3.05) is 24.5 Å². The highest BCUT2D eigenvalue weighted by Crippen LogP contribution is 2.32. The molecule has 2 heterocycles. The zero-order valence-electron chi connectivity index (χ0n) is 10.2. The van der Waals surface area contributed by atoms with Gasteiger partial charge in [-0.1, -0.05) is 23.5 Å². The number of thiazole rings is 1. The van der Waals surface area contributed by atoms with Gasteiger partial charge in [0, 0.05) is 25.2 Å². The Morgan fingerprint density at radius 3 is 2.94 bits per heavy atom. The standard InChI is InChI=1S/C13H17N3S/c1-13(2)9-14-7-8-16(13)12-15-10-5-3-4-6-11(10)17-12/h3-6,14H,7-9H2,1-2H3. The molecule has 0 aliphatic carbocycles. The number of nitrogens with one attached hydrogen (secondary N) is 1. The zero-order valence-corrected chi connectivity index (χ0v) is 11.0. The van der Waals surface area contributed by atoms with E-state index in [4.69, 9.17) is 4.98 Å². The molecule has 3 nitrogen and oxygen atoms in total. The van der Waals surface area contributed by atoms with Gasteiger partial charge < -0.3 is 10.2 Å². The van der Waals surface area contributed by atoms with Crippen molar-refractivity contribution in [2.24, 2.45) is 0 Å². The van der Waals surface area contributed by atoms with Crippen LogP contribution < -0.4 is 10.2 Å². The average Bonchev–Trinajstić information content (AvgIpc) is 2.71. The normalized spacial score (nSPS) is 19.8. The van der Waals surface area contributed by atoms with Crippen LogP contribution >= 0.6 is 11.3 Å². The van der Waals surface area contributed by atoms with Crippen molar-refractivity contribution in [3.05, 3.63) is 24.3 Å². The van der Waals surface area contributed by atoms with Crippen molar-refractivity contribution in [3.63, 3.8) is 0 Å². The number of para-hydroxylation sites is 1. The zero-order chi connectivity index (χ0) is 11.9. The van der Waals surface area contributed by atoms with Crippen molar-refractivity contribution in [1.29, 1.82) is 0 Å². The van der Waals surface area contributed by atoms with Crippen molar-refractivity contribution >= 4 is 26.7 Å². The van der Waals surface area contributed by atoms with E-state index in [1.165, 1.54) is 4.70 Å². The summed E-state index contributed by atoms with van der Waals surface area (Å²) in [5, 5.41) is 4.59. The first kappa shape index (κ1) is 11.0. The Balaban J connectivity index is 2.02. The van der Waals surface area contributed by atoms with Crippen LogP contribution in [0.25, 0.3) is 10.2 Å². The van der Waals surface area contributed by atoms with Crippen LogP contribution in [0.2, 0.25) is 0 Å². The average molecular weight is 247 g/mol. The Hall–Kier alpha value is -1.13. The topological polar surface area (TPSA) is 28.2 Å².